The van der Waals surface area contributed by atoms with Gasteiger partial charge in [0.15, 0.2) is 0 Å². The summed E-state index contributed by atoms with van der Waals surface area (Å²) < 4.78 is 0. The maximum Gasteiger partial charge on any atom is 0.0153 e. The second-order valence-corrected chi connectivity index (χ2v) is 7.24. The third-order valence-corrected chi connectivity index (χ3v) is 5.22. The highest BCUT2D eigenvalue weighted by Gasteiger charge is 2.40. The van der Waals surface area contributed by atoms with E-state index in [1.165, 1.54) is 51.6 Å². The van der Waals surface area contributed by atoms with E-state index in [2.05, 4.69) is 25.7 Å². The number of rotatable bonds is 3. The molecule has 2 atom stereocenters. The zero-order valence-electron chi connectivity index (χ0n) is 12.0. The molecule has 17 heavy (non-hydrogen) atoms. The van der Waals surface area contributed by atoms with Crippen molar-refractivity contribution in [3.05, 3.63) is 0 Å². The molecule has 0 aromatic heterocycles. The number of likely N-dealkylation sites (tertiary alicyclic amines) is 1. The van der Waals surface area contributed by atoms with Gasteiger partial charge in [0.05, 0.1) is 0 Å². The second-order valence-electron chi connectivity index (χ2n) is 7.24. The fourth-order valence-electron chi connectivity index (χ4n) is 4.02. The first-order valence-corrected chi connectivity index (χ1v) is 7.43. The van der Waals surface area contributed by atoms with Crippen LogP contribution in [0.1, 0.15) is 59.3 Å². The van der Waals surface area contributed by atoms with Gasteiger partial charge in [-0.15, -0.1) is 0 Å². The number of hydrogen-bond donors (Lipinski definition) is 1. The van der Waals surface area contributed by atoms with Crippen LogP contribution in [0.5, 0.6) is 0 Å². The van der Waals surface area contributed by atoms with Gasteiger partial charge in [-0.05, 0) is 64.0 Å². The lowest BCUT2D eigenvalue weighted by Crippen LogP contribution is -2.49. The molecule has 1 saturated heterocycles. The predicted molar refractivity (Wildman–Crippen MR) is 74.0 cm³/mol. The Morgan fingerprint density at radius 1 is 1.24 bits per heavy atom. The van der Waals surface area contributed by atoms with E-state index in [0.717, 1.165) is 12.5 Å². The standard InChI is InChI=1S/C15H30N2/c1-13-6-4-8-15(10-13,11-16)12-17-9-5-7-14(17,2)3/h13H,4-12,16H2,1-3H3. The van der Waals surface area contributed by atoms with Gasteiger partial charge in [-0.2, -0.15) is 0 Å². The Labute approximate surface area is 107 Å². The first kappa shape index (κ1) is 13.4. The summed E-state index contributed by atoms with van der Waals surface area (Å²) in [6, 6.07) is 0. The van der Waals surface area contributed by atoms with Crippen molar-refractivity contribution in [3.63, 3.8) is 0 Å². The van der Waals surface area contributed by atoms with Crippen LogP contribution >= 0.6 is 0 Å². The quantitative estimate of drug-likeness (QED) is 0.819. The number of nitrogens with two attached hydrogens (primary N) is 1. The fourth-order valence-corrected chi connectivity index (χ4v) is 4.02. The highest BCUT2D eigenvalue weighted by molar-refractivity contribution is 4.95. The van der Waals surface area contributed by atoms with E-state index >= 15 is 0 Å². The third kappa shape index (κ3) is 2.85. The summed E-state index contributed by atoms with van der Waals surface area (Å²) >= 11 is 0. The Kier molecular flexibility index (Phi) is 3.84. The predicted octanol–water partition coefficient (Wildman–Crippen LogP) is 3.02. The molecule has 2 heteroatoms. The minimum Gasteiger partial charge on any atom is -0.330 e. The molecule has 100 valence electrons. The summed E-state index contributed by atoms with van der Waals surface area (Å²) in [7, 11) is 0. The average molecular weight is 238 g/mol. The minimum atomic E-state index is 0.406. The summed E-state index contributed by atoms with van der Waals surface area (Å²) in [6.45, 7) is 10.6. The van der Waals surface area contributed by atoms with Gasteiger partial charge in [-0.25, -0.2) is 0 Å². The summed E-state index contributed by atoms with van der Waals surface area (Å²) in [5.41, 5.74) is 6.96. The topological polar surface area (TPSA) is 29.3 Å². The molecular formula is C15H30N2. The van der Waals surface area contributed by atoms with Gasteiger partial charge in [0.2, 0.25) is 0 Å². The number of nitrogens with zero attached hydrogens (tertiary/aromatic N) is 1. The van der Waals surface area contributed by atoms with Crippen LogP contribution in [0.3, 0.4) is 0 Å². The monoisotopic (exact) mass is 238 g/mol. The lowest BCUT2D eigenvalue weighted by Gasteiger charge is -2.45. The van der Waals surface area contributed by atoms with E-state index in [1.807, 2.05) is 0 Å². The van der Waals surface area contributed by atoms with E-state index in [1.54, 1.807) is 0 Å². The molecule has 2 unspecified atom stereocenters. The Bertz CT molecular complexity index is 262. The van der Waals surface area contributed by atoms with Crippen molar-refractivity contribution in [1.29, 1.82) is 0 Å². The molecule has 0 spiro atoms. The van der Waals surface area contributed by atoms with E-state index in [-0.39, 0.29) is 0 Å². The van der Waals surface area contributed by atoms with Crippen molar-refractivity contribution >= 4 is 0 Å². The third-order valence-electron chi connectivity index (χ3n) is 5.22. The van der Waals surface area contributed by atoms with E-state index in [0.29, 0.717) is 11.0 Å². The van der Waals surface area contributed by atoms with Gasteiger partial charge in [-0.1, -0.05) is 19.8 Å². The first-order valence-electron chi connectivity index (χ1n) is 7.43. The van der Waals surface area contributed by atoms with Crippen LogP contribution in [0, 0.1) is 11.3 Å². The molecule has 0 aromatic rings. The van der Waals surface area contributed by atoms with Crippen molar-refractivity contribution in [2.24, 2.45) is 17.1 Å². The molecular weight excluding hydrogens is 208 g/mol. The van der Waals surface area contributed by atoms with Crippen molar-refractivity contribution in [2.75, 3.05) is 19.6 Å². The summed E-state index contributed by atoms with van der Waals surface area (Å²) in [4.78, 5) is 2.71. The molecule has 1 aliphatic heterocycles. The molecule has 2 rings (SSSR count). The molecule has 0 radical (unpaired) electrons. The van der Waals surface area contributed by atoms with Gasteiger partial charge < -0.3 is 5.73 Å². The maximum atomic E-state index is 6.14. The molecule has 0 aromatic carbocycles. The molecule has 0 amide bonds. The van der Waals surface area contributed by atoms with Crippen molar-refractivity contribution in [3.8, 4) is 0 Å². The Morgan fingerprint density at radius 3 is 2.53 bits per heavy atom. The number of hydrogen-bond acceptors (Lipinski definition) is 2. The average Bonchev–Trinajstić information content (AvgIpc) is 2.58. The molecule has 1 heterocycles. The normalized spacial score (nSPS) is 38.5. The van der Waals surface area contributed by atoms with Gasteiger partial charge in [-0.3, -0.25) is 4.90 Å². The van der Waals surface area contributed by atoms with Crippen LogP contribution in [0.25, 0.3) is 0 Å². The zero-order chi connectivity index (χ0) is 12.5. The van der Waals surface area contributed by atoms with E-state index in [4.69, 9.17) is 5.73 Å². The Balaban J connectivity index is 2.03. The smallest absolute Gasteiger partial charge is 0.0153 e. The zero-order valence-corrected chi connectivity index (χ0v) is 12.0. The second kappa shape index (κ2) is 4.89. The lowest BCUT2D eigenvalue weighted by atomic mass is 9.69. The molecule has 2 fully saturated rings. The molecule has 2 N–H and O–H groups in total. The van der Waals surface area contributed by atoms with Gasteiger partial charge in [0, 0.05) is 12.1 Å². The lowest BCUT2D eigenvalue weighted by molar-refractivity contribution is 0.0563. The van der Waals surface area contributed by atoms with Crippen LogP contribution in [-0.2, 0) is 0 Å². The van der Waals surface area contributed by atoms with Gasteiger partial charge in [0.1, 0.15) is 0 Å². The first-order chi connectivity index (χ1) is 7.97. The molecule has 1 aliphatic carbocycles. The van der Waals surface area contributed by atoms with Crippen LogP contribution in [0.2, 0.25) is 0 Å². The highest BCUT2D eigenvalue weighted by atomic mass is 15.2. The SMILES string of the molecule is CC1CCCC(CN)(CN2CCCC2(C)C)C1. The Hall–Kier alpha value is -0.0800. The van der Waals surface area contributed by atoms with E-state index < -0.39 is 0 Å². The van der Waals surface area contributed by atoms with Gasteiger partial charge >= 0.3 is 0 Å². The summed E-state index contributed by atoms with van der Waals surface area (Å²) in [6.07, 6.45) is 8.20. The molecule has 0 bridgehead atoms. The van der Waals surface area contributed by atoms with Crippen LogP contribution < -0.4 is 5.73 Å². The largest absolute Gasteiger partial charge is 0.330 e. The van der Waals surface area contributed by atoms with Crippen molar-refractivity contribution < 1.29 is 0 Å². The van der Waals surface area contributed by atoms with Crippen LogP contribution in [-0.4, -0.2) is 30.1 Å². The fraction of sp³-hybridized carbons (Fsp3) is 1.00. The molecule has 2 nitrogen and oxygen atoms in total. The summed E-state index contributed by atoms with van der Waals surface area (Å²) in [5.74, 6) is 0.873. The molecule has 2 aliphatic rings. The Morgan fingerprint density at radius 2 is 2.00 bits per heavy atom. The summed E-state index contributed by atoms with van der Waals surface area (Å²) in [5, 5.41) is 0. The maximum absolute atomic E-state index is 6.14. The van der Waals surface area contributed by atoms with Crippen LogP contribution in [0.15, 0.2) is 0 Å². The highest BCUT2D eigenvalue weighted by Crippen LogP contribution is 2.41. The van der Waals surface area contributed by atoms with Gasteiger partial charge in [0.25, 0.3) is 0 Å². The van der Waals surface area contributed by atoms with E-state index in [9.17, 15) is 0 Å². The van der Waals surface area contributed by atoms with Crippen molar-refractivity contribution in [1.82, 2.24) is 4.90 Å². The molecule has 1 saturated carbocycles. The van der Waals surface area contributed by atoms with Crippen LogP contribution in [0.4, 0.5) is 0 Å². The minimum absolute atomic E-state index is 0.406. The van der Waals surface area contributed by atoms with Crippen molar-refractivity contribution in [2.45, 2.75) is 64.8 Å².